The molecular weight excluding hydrogens is 435 g/mol. The van der Waals surface area contributed by atoms with Crippen molar-refractivity contribution in [3.05, 3.63) is 78.4 Å². The first-order valence-corrected chi connectivity index (χ1v) is 12.6. The molecular formula is C26H33N2O4P. The van der Waals surface area contributed by atoms with E-state index < -0.39 is 13.2 Å². The highest BCUT2D eigenvalue weighted by molar-refractivity contribution is 7.67. The molecule has 0 aliphatic rings. The van der Waals surface area contributed by atoms with Gasteiger partial charge in [-0.25, -0.2) is 0 Å². The SMILES string of the molecule is COc1ccc([C@@H](Nc2ccccc2)[P@@](=O)(OC(C)C)c2ccc(N(C)C)cc2)cc1OC. The van der Waals surface area contributed by atoms with E-state index in [1.807, 2.05) is 106 Å². The molecule has 3 rings (SSSR count). The van der Waals surface area contributed by atoms with Crippen molar-refractivity contribution >= 4 is 24.0 Å². The molecule has 0 saturated carbocycles. The van der Waals surface area contributed by atoms with E-state index in [1.165, 1.54) is 0 Å². The van der Waals surface area contributed by atoms with Crippen molar-refractivity contribution in [1.29, 1.82) is 0 Å². The number of anilines is 2. The number of benzene rings is 3. The number of nitrogens with zero attached hydrogens (tertiary/aromatic N) is 1. The summed E-state index contributed by atoms with van der Waals surface area (Å²) < 4.78 is 32.0. The Labute approximate surface area is 196 Å². The Hall–Kier alpha value is -2.95. The minimum absolute atomic E-state index is 0.246. The highest BCUT2D eigenvalue weighted by Gasteiger charge is 2.39. The van der Waals surface area contributed by atoms with E-state index in [0.29, 0.717) is 16.8 Å². The van der Waals surface area contributed by atoms with Gasteiger partial charge in [-0.3, -0.25) is 4.57 Å². The van der Waals surface area contributed by atoms with Crippen LogP contribution in [0.15, 0.2) is 72.8 Å². The molecule has 0 bridgehead atoms. The van der Waals surface area contributed by atoms with Gasteiger partial charge in [0.1, 0.15) is 5.78 Å². The lowest BCUT2D eigenvalue weighted by Crippen LogP contribution is -2.23. The number of nitrogens with one attached hydrogen (secondary N) is 1. The molecule has 3 aromatic carbocycles. The summed E-state index contributed by atoms with van der Waals surface area (Å²) in [6.45, 7) is 3.80. The smallest absolute Gasteiger partial charge is 0.258 e. The lowest BCUT2D eigenvalue weighted by molar-refractivity contribution is 0.245. The third-order valence-electron chi connectivity index (χ3n) is 5.23. The van der Waals surface area contributed by atoms with Crippen LogP contribution in [0.25, 0.3) is 0 Å². The number of para-hydroxylation sites is 1. The molecule has 0 heterocycles. The van der Waals surface area contributed by atoms with Crippen molar-refractivity contribution in [2.45, 2.75) is 25.7 Å². The Morgan fingerprint density at radius 3 is 2.03 bits per heavy atom. The van der Waals surface area contributed by atoms with Gasteiger partial charge in [0.05, 0.1) is 20.3 Å². The van der Waals surface area contributed by atoms with E-state index in [1.54, 1.807) is 14.2 Å². The van der Waals surface area contributed by atoms with Gasteiger partial charge in [-0.05, 0) is 67.9 Å². The van der Waals surface area contributed by atoms with E-state index in [-0.39, 0.29) is 6.10 Å². The van der Waals surface area contributed by atoms with Gasteiger partial charge in [-0.1, -0.05) is 24.3 Å². The van der Waals surface area contributed by atoms with Gasteiger partial charge in [0.25, 0.3) is 7.37 Å². The van der Waals surface area contributed by atoms with Gasteiger partial charge in [-0.15, -0.1) is 0 Å². The number of methoxy groups -OCH3 is 2. The topological polar surface area (TPSA) is 60.0 Å². The van der Waals surface area contributed by atoms with Crippen molar-refractivity contribution in [3.63, 3.8) is 0 Å². The van der Waals surface area contributed by atoms with E-state index in [4.69, 9.17) is 14.0 Å². The number of hydrogen-bond donors (Lipinski definition) is 1. The summed E-state index contributed by atoms with van der Waals surface area (Å²) in [5.41, 5.74) is 2.64. The van der Waals surface area contributed by atoms with Crippen LogP contribution in [0, 0.1) is 0 Å². The molecule has 0 aliphatic heterocycles. The molecule has 3 aromatic rings. The monoisotopic (exact) mass is 468 g/mol. The number of rotatable bonds is 10. The first-order chi connectivity index (χ1) is 15.8. The zero-order valence-electron chi connectivity index (χ0n) is 20.1. The second-order valence-electron chi connectivity index (χ2n) is 8.19. The molecule has 0 aliphatic carbocycles. The lowest BCUT2D eigenvalue weighted by Gasteiger charge is -2.31. The maximum Gasteiger partial charge on any atom is 0.258 e. The standard InChI is InChI=1S/C26H33N2O4P/c1-19(2)32-33(29,23-15-13-22(14-16-23)28(3)4)26(27-21-10-8-7-9-11-21)20-12-17-24(30-5)25(18-20)31-6/h7-19,26-27H,1-6H3/t26-,33-/m0/s1. The Balaban J connectivity index is 2.18. The van der Waals surface area contributed by atoms with Crippen molar-refractivity contribution in [2.75, 3.05) is 38.5 Å². The molecule has 0 saturated heterocycles. The largest absolute Gasteiger partial charge is 0.493 e. The Morgan fingerprint density at radius 1 is 0.848 bits per heavy atom. The summed E-state index contributed by atoms with van der Waals surface area (Å²) in [7, 11) is 3.68. The maximum atomic E-state index is 14.8. The molecule has 0 radical (unpaired) electrons. The van der Waals surface area contributed by atoms with Gasteiger partial charge >= 0.3 is 0 Å². The van der Waals surface area contributed by atoms with Gasteiger partial charge in [0, 0.05) is 30.8 Å². The van der Waals surface area contributed by atoms with Crippen molar-refractivity contribution in [3.8, 4) is 11.5 Å². The average Bonchev–Trinajstić information content (AvgIpc) is 2.82. The first kappa shape index (κ1) is 24.7. The van der Waals surface area contributed by atoms with Crippen LogP contribution in [0.4, 0.5) is 11.4 Å². The third kappa shape index (κ3) is 5.70. The summed E-state index contributed by atoms with van der Waals surface area (Å²) in [6, 6.07) is 23.0. The highest BCUT2D eigenvalue weighted by Crippen LogP contribution is 2.60. The van der Waals surface area contributed by atoms with Crippen LogP contribution < -0.4 is 25.0 Å². The molecule has 2 atom stereocenters. The Kier molecular flexibility index (Phi) is 8.06. The van der Waals surface area contributed by atoms with E-state index in [9.17, 15) is 4.57 Å². The van der Waals surface area contributed by atoms with Gasteiger partial charge < -0.3 is 24.2 Å². The van der Waals surface area contributed by atoms with Crippen molar-refractivity contribution in [2.24, 2.45) is 0 Å². The fourth-order valence-electron chi connectivity index (χ4n) is 3.62. The zero-order valence-corrected chi connectivity index (χ0v) is 21.0. The van der Waals surface area contributed by atoms with E-state index in [0.717, 1.165) is 16.9 Å². The molecule has 176 valence electrons. The summed E-state index contributed by atoms with van der Waals surface area (Å²) in [6.07, 6.45) is -0.246. The van der Waals surface area contributed by atoms with Crippen LogP contribution in [0.3, 0.4) is 0 Å². The second-order valence-corrected chi connectivity index (χ2v) is 10.6. The average molecular weight is 469 g/mol. The summed E-state index contributed by atoms with van der Waals surface area (Å²) in [4.78, 5) is 2.01. The number of ether oxygens (including phenoxy) is 2. The fourth-order valence-corrected chi connectivity index (χ4v) is 6.23. The van der Waals surface area contributed by atoms with Crippen LogP contribution >= 0.6 is 7.37 Å². The summed E-state index contributed by atoms with van der Waals surface area (Å²) in [5, 5.41) is 4.11. The molecule has 0 fully saturated rings. The molecule has 7 heteroatoms. The predicted octanol–water partition coefficient (Wildman–Crippen LogP) is 5.91. The van der Waals surface area contributed by atoms with Crippen LogP contribution in [0.5, 0.6) is 11.5 Å². The minimum Gasteiger partial charge on any atom is -0.493 e. The third-order valence-corrected chi connectivity index (χ3v) is 8.09. The fraction of sp³-hybridized carbons (Fsp3) is 0.308. The van der Waals surface area contributed by atoms with E-state index in [2.05, 4.69) is 5.32 Å². The lowest BCUT2D eigenvalue weighted by atomic mass is 10.2. The second kappa shape index (κ2) is 10.8. The molecule has 1 N–H and O–H groups in total. The van der Waals surface area contributed by atoms with Gasteiger partial charge in [0.15, 0.2) is 11.5 Å². The van der Waals surface area contributed by atoms with Crippen LogP contribution in [-0.2, 0) is 9.09 Å². The first-order valence-electron chi connectivity index (χ1n) is 10.9. The normalized spacial score (nSPS) is 13.8. The summed E-state index contributed by atoms with van der Waals surface area (Å²) >= 11 is 0. The van der Waals surface area contributed by atoms with Crippen molar-refractivity contribution in [1.82, 2.24) is 0 Å². The van der Waals surface area contributed by atoms with E-state index >= 15 is 0 Å². The molecule has 0 spiro atoms. The molecule has 0 amide bonds. The molecule has 6 nitrogen and oxygen atoms in total. The van der Waals surface area contributed by atoms with Crippen LogP contribution in [0.2, 0.25) is 0 Å². The molecule has 0 unspecified atom stereocenters. The van der Waals surface area contributed by atoms with Crippen molar-refractivity contribution < 1.29 is 18.6 Å². The molecule has 0 aromatic heterocycles. The predicted molar refractivity (Wildman–Crippen MR) is 137 cm³/mol. The van der Waals surface area contributed by atoms with Crippen LogP contribution in [-0.4, -0.2) is 34.4 Å². The molecule has 33 heavy (non-hydrogen) atoms. The Bertz CT molecular complexity index is 1090. The number of hydrogen-bond acceptors (Lipinski definition) is 6. The zero-order chi connectivity index (χ0) is 24.0. The van der Waals surface area contributed by atoms with Gasteiger partial charge in [0.2, 0.25) is 0 Å². The highest BCUT2D eigenvalue weighted by atomic mass is 31.2. The minimum atomic E-state index is -3.46. The summed E-state index contributed by atoms with van der Waals surface area (Å²) in [5.74, 6) is 0.524. The van der Waals surface area contributed by atoms with Crippen LogP contribution in [0.1, 0.15) is 25.2 Å². The quantitative estimate of drug-likeness (QED) is 0.373. The maximum absolute atomic E-state index is 14.8. The van der Waals surface area contributed by atoms with Gasteiger partial charge in [-0.2, -0.15) is 0 Å². The Morgan fingerprint density at radius 2 is 1.48 bits per heavy atom.